The Labute approximate surface area is 103 Å². The van der Waals surface area contributed by atoms with E-state index >= 15 is 0 Å². The standard InChI is InChI=1S/C13H19ClN2/c1-3-16(4-2)12-8-9-15-11-7-5-6-10(14)13(11)12/h5-7,12,15H,3-4,8-9H2,1-2H3. The number of nitrogens with one attached hydrogen (secondary N) is 1. The van der Waals surface area contributed by atoms with Crippen molar-refractivity contribution in [2.24, 2.45) is 0 Å². The molecule has 1 atom stereocenters. The van der Waals surface area contributed by atoms with Crippen molar-refractivity contribution in [3.63, 3.8) is 0 Å². The Morgan fingerprint density at radius 2 is 2.12 bits per heavy atom. The largest absolute Gasteiger partial charge is 0.385 e. The monoisotopic (exact) mass is 238 g/mol. The van der Waals surface area contributed by atoms with Gasteiger partial charge in [-0.1, -0.05) is 31.5 Å². The number of hydrogen-bond acceptors (Lipinski definition) is 2. The van der Waals surface area contributed by atoms with Crippen LogP contribution in [0.1, 0.15) is 31.9 Å². The van der Waals surface area contributed by atoms with Crippen molar-refractivity contribution in [3.8, 4) is 0 Å². The second-order valence-corrected chi connectivity index (χ2v) is 4.56. The second-order valence-electron chi connectivity index (χ2n) is 4.15. The molecule has 1 aliphatic heterocycles. The van der Waals surface area contributed by atoms with Crippen molar-refractivity contribution in [3.05, 3.63) is 28.8 Å². The maximum Gasteiger partial charge on any atom is 0.0474 e. The summed E-state index contributed by atoms with van der Waals surface area (Å²) in [7, 11) is 0. The number of fused-ring (bicyclic) bond motifs is 1. The molecule has 1 aromatic carbocycles. The van der Waals surface area contributed by atoms with Crippen molar-refractivity contribution in [2.45, 2.75) is 26.3 Å². The Morgan fingerprint density at radius 3 is 2.81 bits per heavy atom. The zero-order valence-electron chi connectivity index (χ0n) is 9.96. The van der Waals surface area contributed by atoms with Crippen LogP contribution in [0.25, 0.3) is 0 Å². The van der Waals surface area contributed by atoms with Crippen LogP contribution in [0, 0.1) is 0 Å². The van der Waals surface area contributed by atoms with Crippen LogP contribution in [-0.4, -0.2) is 24.5 Å². The molecule has 0 amide bonds. The van der Waals surface area contributed by atoms with Gasteiger partial charge in [0.25, 0.3) is 0 Å². The highest BCUT2D eigenvalue weighted by molar-refractivity contribution is 6.31. The van der Waals surface area contributed by atoms with Crippen LogP contribution in [0.15, 0.2) is 18.2 Å². The van der Waals surface area contributed by atoms with Gasteiger partial charge >= 0.3 is 0 Å². The molecule has 0 aliphatic carbocycles. The quantitative estimate of drug-likeness (QED) is 0.867. The topological polar surface area (TPSA) is 15.3 Å². The summed E-state index contributed by atoms with van der Waals surface area (Å²) in [6.45, 7) is 7.61. The molecule has 1 unspecified atom stereocenters. The van der Waals surface area contributed by atoms with E-state index in [9.17, 15) is 0 Å². The summed E-state index contributed by atoms with van der Waals surface area (Å²) in [6.07, 6.45) is 1.14. The molecule has 2 rings (SSSR count). The molecule has 0 saturated carbocycles. The predicted molar refractivity (Wildman–Crippen MR) is 70.2 cm³/mol. The van der Waals surface area contributed by atoms with E-state index in [0.717, 1.165) is 31.1 Å². The van der Waals surface area contributed by atoms with Crippen LogP contribution in [0.5, 0.6) is 0 Å². The molecular formula is C13H19ClN2. The van der Waals surface area contributed by atoms with E-state index in [1.54, 1.807) is 0 Å². The van der Waals surface area contributed by atoms with Gasteiger partial charge in [-0.15, -0.1) is 0 Å². The Balaban J connectivity index is 2.38. The predicted octanol–water partition coefficient (Wildman–Crippen LogP) is 3.54. The maximum atomic E-state index is 6.33. The minimum Gasteiger partial charge on any atom is -0.385 e. The first-order chi connectivity index (χ1) is 7.77. The lowest BCUT2D eigenvalue weighted by Gasteiger charge is -2.35. The van der Waals surface area contributed by atoms with Crippen LogP contribution < -0.4 is 5.32 Å². The van der Waals surface area contributed by atoms with Crippen LogP contribution in [0.2, 0.25) is 5.02 Å². The molecule has 0 bridgehead atoms. The van der Waals surface area contributed by atoms with Crippen LogP contribution >= 0.6 is 11.6 Å². The Kier molecular flexibility index (Phi) is 3.72. The number of halogens is 1. The van der Waals surface area contributed by atoms with Gasteiger partial charge in [0.2, 0.25) is 0 Å². The molecule has 1 aliphatic rings. The third-order valence-corrected chi connectivity index (χ3v) is 3.70. The van der Waals surface area contributed by atoms with Gasteiger partial charge in [0.1, 0.15) is 0 Å². The SMILES string of the molecule is CCN(CC)C1CCNc2cccc(Cl)c21. The normalized spacial score (nSPS) is 19.4. The molecule has 1 N–H and O–H groups in total. The van der Waals surface area contributed by atoms with Gasteiger partial charge in [0, 0.05) is 28.9 Å². The summed E-state index contributed by atoms with van der Waals surface area (Å²) in [5.74, 6) is 0. The molecule has 88 valence electrons. The van der Waals surface area contributed by atoms with Gasteiger partial charge in [-0.3, -0.25) is 4.90 Å². The van der Waals surface area contributed by atoms with Crippen molar-refractivity contribution in [1.82, 2.24) is 4.90 Å². The van der Waals surface area contributed by atoms with Gasteiger partial charge < -0.3 is 5.32 Å². The first-order valence-corrected chi connectivity index (χ1v) is 6.42. The first-order valence-electron chi connectivity index (χ1n) is 6.04. The summed E-state index contributed by atoms with van der Waals surface area (Å²) < 4.78 is 0. The van der Waals surface area contributed by atoms with Crippen molar-refractivity contribution in [1.29, 1.82) is 0 Å². The molecule has 0 aromatic heterocycles. The fourth-order valence-electron chi connectivity index (χ4n) is 2.55. The van der Waals surface area contributed by atoms with Crippen molar-refractivity contribution < 1.29 is 0 Å². The van der Waals surface area contributed by atoms with Crippen LogP contribution in [0.3, 0.4) is 0 Å². The molecule has 1 heterocycles. The lowest BCUT2D eigenvalue weighted by molar-refractivity contribution is 0.209. The molecule has 2 nitrogen and oxygen atoms in total. The van der Waals surface area contributed by atoms with Gasteiger partial charge in [0.15, 0.2) is 0 Å². The Hall–Kier alpha value is -0.730. The number of benzene rings is 1. The minimum absolute atomic E-state index is 0.472. The summed E-state index contributed by atoms with van der Waals surface area (Å²) in [6, 6.07) is 6.60. The summed E-state index contributed by atoms with van der Waals surface area (Å²) >= 11 is 6.33. The average molecular weight is 239 g/mol. The van der Waals surface area contributed by atoms with Crippen molar-refractivity contribution in [2.75, 3.05) is 25.0 Å². The van der Waals surface area contributed by atoms with E-state index < -0.39 is 0 Å². The van der Waals surface area contributed by atoms with E-state index in [1.807, 2.05) is 12.1 Å². The fourth-order valence-corrected chi connectivity index (χ4v) is 2.85. The molecule has 0 saturated heterocycles. The van der Waals surface area contributed by atoms with Gasteiger partial charge in [-0.2, -0.15) is 0 Å². The smallest absolute Gasteiger partial charge is 0.0474 e. The highest BCUT2D eigenvalue weighted by Crippen LogP contribution is 2.38. The van der Waals surface area contributed by atoms with Gasteiger partial charge in [-0.25, -0.2) is 0 Å². The fraction of sp³-hybridized carbons (Fsp3) is 0.538. The van der Waals surface area contributed by atoms with E-state index in [-0.39, 0.29) is 0 Å². The van der Waals surface area contributed by atoms with E-state index in [1.165, 1.54) is 11.3 Å². The summed E-state index contributed by atoms with van der Waals surface area (Å²) in [4.78, 5) is 2.48. The lowest BCUT2D eigenvalue weighted by Crippen LogP contribution is -2.33. The number of anilines is 1. The Morgan fingerprint density at radius 1 is 1.38 bits per heavy atom. The highest BCUT2D eigenvalue weighted by Gasteiger charge is 2.25. The molecule has 0 fully saturated rings. The van der Waals surface area contributed by atoms with Gasteiger partial charge in [0.05, 0.1) is 0 Å². The second kappa shape index (κ2) is 5.07. The third-order valence-electron chi connectivity index (χ3n) is 3.37. The number of rotatable bonds is 3. The molecule has 16 heavy (non-hydrogen) atoms. The minimum atomic E-state index is 0.472. The van der Waals surface area contributed by atoms with E-state index in [4.69, 9.17) is 11.6 Å². The van der Waals surface area contributed by atoms with E-state index in [0.29, 0.717) is 6.04 Å². The van der Waals surface area contributed by atoms with Crippen LogP contribution in [-0.2, 0) is 0 Å². The van der Waals surface area contributed by atoms with E-state index in [2.05, 4.69) is 30.1 Å². The molecular weight excluding hydrogens is 220 g/mol. The number of hydrogen-bond donors (Lipinski definition) is 1. The molecule has 3 heteroatoms. The Bertz CT molecular complexity index is 361. The summed E-state index contributed by atoms with van der Waals surface area (Å²) in [5, 5.41) is 4.32. The third kappa shape index (κ3) is 2.04. The van der Waals surface area contributed by atoms with Gasteiger partial charge in [-0.05, 0) is 31.6 Å². The first kappa shape index (κ1) is 11.7. The lowest BCUT2D eigenvalue weighted by atomic mass is 9.96. The molecule has 1 aromatic rings. The maximum absolute atomic E-state index is 6.33. The van der Waals surface area contributed by atoms with Crippen LogP contribution in [0.4, 0.5) is 5.69 Å². The highest BCUT2D eigenvalue weighted by atomic mass is 35.5. The summed E-state index contributed by atoms with van der Waals surface area (Å²) in [5.41, 5.74) is 2.48. The van der Waals surface area contributed by atoms with Crippen molar-refractivity contribution >= 4 is 17.3 Å². The molecule has 0 radical (unpaired) electrons. The molecule has 0 spiro atoms. The zero-order chi connectivity index (χ0) is 11.5. The number of nitrogens with zero attached hydrogens (tertiary/aromatic N) is 1. The zero-order valence-corrected chi connectivity index (χ0v) is 10.7. The average Bonchev–Trinajstić information content (AvgIpc) is 2.31.